The van der Waals surface area contributed by atoms with Crippen molar-refractivity contribution < 1.29 is 38.1 Å². The van der Waals surface area contributed by atoms with Gasteiger partial charge >= 0.3 is 29.7 Å². The largest absolute Gasteiger partial charge is 0.457 e. The number of esters is 4. The molecule has 12 unspecified atom stereocenters. The van der Waals surface area contributed by atoms with E-state index in [9.17, 15) is 19.2 Å². The van der Waals surface area contributed by atoms with E-state index in [-0.39, 0.29) is 47.3 Å². The highest BCUT2D eigenvalue weighted by atomic mass is 16.8. The molecule has 0 spiro atoms. The molecule has 4 saturated carbocycles. The number of carbonyl (C=O) groups excluding carboxylic acids is 4. The molecule has 43 heavy (non-hydrogen) atoms. The van der Waals surface area contributed by atoms with Gasteiger partial charge in [-0.15, -0.1) is 0 Å². The van der Waals surface area contributed by atoms with E-state index in [0.29, 0.717) is 49.4 Å². The van der Waals surface area contributed by atoms with Gasteiger partial charge in [-0.2, -0.15) is 0 Å². The zero-order chi connectivity index (χ0) is 29.3. The van der Waals surface area contributed by atoms with E-state index in [1.807, 2.05) is 0 Å². The number of rotatable bonds is 10. The highest BCUT2D eigenvalue weighted by molar-refractivity contribution is 5.78. The predicted molar refractivity (Wildman–Crippen MR) is 152 cm³/mol. The van der Waals surface area contributed by atoms with E-state index >= 15 is 0 Å². The van der Waals surface area contributed by atoms with Crippen LogP contribution in [0.5, 0.6) is 0 Å². The van der Waals surface area contributed by atoms with Crippen LogP contribution < -0.4 is 0 Å². The van der Waals surface area contributed by atoms with Gasteiger partial charge in [-0.25, -0.2) is 0 Å². The van der Waals surface area contributed by atoms with Crippen molar-refractivity contribution in [1.82, 2.24) is 0 Å². The summed E-state index contributed by atoms with van der Waals surface area (Å²) in [6.07, 6.45) is 23.3. The van der Waals surface area contributed by atoms with Crippen LogP contribution in [0.3, 0.4) is 0 Å². The lowest BCUT2D eigenvalue weighted by Crippen LogP contribution is -2.52. The molecule has 0 saturated heterocycles. The molecule has 0 aromatic heterocycles. The SMILES string of the molecule is O=C(OCC(COC(=O)C1CC2C=CC1C2)(OC(=O)C1CC2C=CC1C2)OC(=O)C1CC2C=CC1C2)C1CC2C=CC1C2. The van der Waals surface area contributed by atoms with Gasteiger partial charge in [-0.3, -0.25) is 19.2 Å². The lowest BCUT2D eigenvalue weighted by molar-refractivity contribution is -0.264. The van der Waals surface area contributed by atoms with Crippen LogP contribution >= 0.6 is 0 Å². The molecule has 8 rings (SSSR count). The molecule has 0 aromatic carbocycles. The summed E-state index contributed by atoms with van der Waals surface area (Å²) in [4.78, 5) is 54.1. The summed E-state index contributed by atoms with van der Waals surface area (Å²) in [6, 6.07) is 0. The van der Waals surface area contributed by atoms with Crippen molar-refractivity contribution in [1.29, 1.82) is 0 Å². The molecule has 228 valence electrons. The fourth-order valence-electron chi connectivity index (χ4n) is 9.48. The fraction of sp³-hybridized carbons (Fsp3) is 0.657. The molecule has 8 bridgehead atoms. The standard InChI is InChI=1S/C35H40O8/c36-31(27-13-19-1-5-23(27)9-19)40-17-35(42-33(38)29-15-21-3-7-25(29)11-21,43-34(39)30-16-22-4-8-26(30)12-22)18-41-32(37)28-14-20-2-6-24(28)10-20/h1-8,19-30H,9-18H2. The number of ether oxygens (including phenoxy) is 4. The summed E-state index contributed by atoms with van der Waals surface area (Å²) in [5.74, 6) is -3.40. The average Bonchev–Trinajstić information content (AvgIpc) is 3.87. The summed E-state index contributed by atoms with van der Waals surface area (Å²) in [6.45, 7) is -1.00. The number of hydrogen-bond donors (Lipinski definition) is 0. The summed E-state index contributed by atoms with van der Waals surface area (Å²) in [7, 11) is 0. The molecule has 0 N–H and O–H groups in total. The number of carbonyl (C=O) groups is 4. The van der Waals surface area contributed by atoms with Crippen molar-refractivity contribution in [2.24, 2.45) is 71.0 Å². The van der Waals surface area contributed by atoms with Crippen molar-refractivity contribution in [3.8, 4) is 0 Å². The van der Waals surface area contributed by atoms with Gasteiger partial charge in [-0.1, -0.05) is 48.6 Å². The fourth-order valence-corrected chi connectivity index (χ4v) is 9.48. The molecule has 0 heterocycles. The molecule has 0 aliphatic heterocycles. The smallest absolute Gasteiger partial charge is 0.325 e. The van der Waals surface area contributed by atoms with E-state index in [0.717, 1.165) is 25.7 Å². The highest BCUT2D eigenvalue weighted by Crippen LogP contribution is 2.48. The van der Waals surface area contributed by atoms with Crippen LogP contribution in [0.4, 0.5) is 0 Å². The maximum atomic E-state index is 13.7. The monoisotopic (exact) mass is 588 g/mol. The maximum Gasteiger partial charge on any atom is 0.325 e. The molecule has 0 amide bonds. The second kappa shape index (κ2) is 10.5. The predicted octanol–water partition coefficient (Wildman–Crippen LogP) is 4.70. The van der Waals surface area contributed by atoms with Gasteiger partial charge in [0.05, 0.1) is 23.7 Å². The lowest BCUT2D eigenvalue weighted by Gasteiger charge is -2.35. The van der Waals surface area contributed by atoms with Gasteiger partial charge in [0.1, 0.15) is 0 Å². The summed E-state index contributed by atoms with van der Waals surface area (Å²) >= 11 is 0. The van der Waals surface area contributed by atoms with Crippen molar-refractivity contribution in [2.45, 2.75) is 57.2 Å². The Hall–Kier alpha value is -3.16. The Kier molecular flexibility index (Phi) is 6.68. The van der Waals surface area contributed by atoms with E-state index in [2.05, 4.69) is 48.6 Å². The molecule has 8 aliphatic carbocycles. The third-order valence-electron chi connectivity index (χ3n) is 11.8. The van der Waals surface area contributed by atoms with Gasteiger partial charge in [0.2, 0.25) is 0 Å². The molecule has 0 aromatic rings. The minimum Gasteiger partial charge on any atom is -0.457 e. The van der Waals surface area contributed by atoms with Gasteiger partial charge in [0.25, 0.3) is 0 Å². The van der Waals surface area contributed by atoms with Crippen LogP contribution in [0.2, 0.25) is 0 Å². The zero-order valence-corrected chi connectivity index (χ0v) is 24.4. The van der Waals surface area contributed by atoms with Gasteiger partial charge in [-0.05, 0) is 98.7 Å². The Bertz CT molecular complexity index is 1220. The molecule has 8 nitrogen and oxygen atoms in total. The summed E-state index contributed by atoms with van der Waals surface area (Å²) < 4.78 is 23.9. The first-order valence-electron chi connectivity index (χ1n) is 16.3. The van der Waals surface area contributed by atoms with Crippen molar-refractivity contribution in [2.75, 3.05) is 13.2 Å². The second-order valence-electron chi connectivity index (χ2n) is 14.5. The van der Waals surface area contributed by atoms with Crippen molar-refractivity contribution in [3.63, 3.8) is 0 Å². The van der Waals surface area contributed by atoms with Gasteiger partial charge in [0, 0.05) is 0 Å². The van der Waals surface area contributed by atoms with Crippen molar-refractivity contribution in [3.05, 3.63) is 48.6 Å². The highest BCUT2D eigenvalue weighted by Gasteiger charge is 2.52. The first-order valence-corrected chi connectivity index (χ1v) is 16.3. The first kappa shape index (κ1) is 27.4. The molecule has 12 atom stereocenters. The van der Waals surface area contributed by atoms with E-state index in [1.165, 1.54) is 0 Å². The molecule has 4 fully saturated rings. The molecule has 8 heteroatoms. The zero-order valence-electron chi connectivity index (χ0n) is 24.4. The minimum atomic E-state index is -2.04. The number of allylic oxidation sites excluding steroid dienone is 8. The van der Waals surface area contributed by atoms with E-state index < -0.39 is 42.9 Å². The first-order chi connectivity index (χ1) is 20.8. The quantitative estimate of drug-likeness (QED) is 0.157. The summed E-state index contributed by atoms with van der Waals surface area (Å²) in [5, 5.41) is 0. The van der Waals surface area contributed by atoms with Crippen LogP contribution in [-0.2, 0) is 38.1 Å². The Labute approximate surface area is 251 Å². The van der Waals surface area contributed by atoms with Crippen LogP contribution in [-0.4, -0.2) is 42.9 Å². The van der Waals surface area contributed by atoms with Crippen LogP contribution in [0, 0.1) is 71.0 Å². The van der Waals surface area contributed by atoms with Crippen LogP contribution in [0.1, 0.15) is 51.4 Å². The van der Waals surface area contributed by atoms with E-state index in [4.69, 9.17) is 18.9 Å². The number of hydrogen-bond acceptors (Lipinski definition) is 8. The van der Waals surface area contributed by atoms with Crippen molar-refractivity contribution >= 4 is 23.9 Å². The van der Waals surface area contributed by atoms with E-state index in [1.54, 1.807) is 0 Å². The molecule has 0 radical (unpaired) electrons. The Morgan fingerprint density at radius 2 is 0.744 bits per heavy atom. The maximum absolute atomic E-state index is 13.7. The Balaban J connectivity index is 1.04. The van der Waals surface area contributed by atoms with Gasteiger partial charge < -0.3 is 18.9 Å². The van der Waals surface area contributed by atoms with Crippen LogP contribution in [0.15, 0.2) is 48.6 Å². The number of fused-ring (bicyclic) bond motifs is 8. The molecular weight excluding hydrogens is 548 g/mol. The van der Waals surface area contributed by atoms with Gasteiger partial charge in [0.15, 0.2) is 13.2 Å². The Morgan fingerprint density at radius 1 is 0.442 bits per heavy atom. The minimum absolute atomic E-state index is 0.0633. The Morgan fingerprint density at radius 3 is 1.00 bits per heavy atom. The average molecular weight is 589 g/mol. The second-order valence-corrected chi connectivity index (χ2v) is 14.5. The third kappa shape index (κ3) is 4.98. The normalized spacial score (nSPS) is 43.0. The molecule has 8 aliphatic rings. The third-order valence-corrected chi connectivity index (χ3v) is 11.8. The summed E-state index contributed by atoms with van der Waals surface area (Å²) in [5.41, 5.74) is 0. The topological polar surface area (TPSA) is 105 Å². The molecular formula is C35H40O8. The lowest BCUT2D eigenvalue weighted by atomic mass is 9.93. The van der Waals surface area contributed by atoms with Crippen LogP contribution in [0.25, 0.3) is 0 Å².